The molecule has 0 bridgehead atoms. The summed E-state index contributed by atoms with van der Waals surface area (Å²) in [6.45, 7) is 0. The van der Waals surface area contributed by atoms with Crippen LogP contribution in [0, 0.1) is 0 Å². The van der Waals surface area contributed by atoms with E-state index in [0.717, 1.165) is 11.3 Å². The lowest BCUT2D eigenvalue weighted by atomic mass is 10.2. The van der Waals surface area contributed by atoms with Gasteiger partial charge in [0.25, 0.3) is 0 Å². The molecule has 0 amide bonds. The number of rotatable bonds is 5. The van der Waals surface area contributed by atoms with Crippen LogP contribution < -0.4 is 14.2 Å². The number of thiophene rings is 1. The summed E-state index contributed by atoms with van der Waals surface area (Å²) in [6.07, 6.45) is 1.80. The lowest BCUT2D eigenvalue weighted by Gasteiger charge is -2.12. The number of benzene rings is 1. The topological polar surface area (TPSA) is 40.0 Å². The lowest BCUT2D eigenvalue weighted by molar-refractivity contribution is 0.324. The summed E-state index contributed by atoms with van der Waals surface area (Å²) in [7, 11) is 4.75. The molecule has 2 rings (SSSR count). The predicted molar refractivity (Wildman–Crippen MR) is 77.7 cm³/mol. The molecular formula is C14H15NO3S. The summed E-state index contributed by atoms with van der Waals surface area (Å²) in [6, 6.07) is 5.63. The zero-order chi connectivity index (χ0) is 13.7. The molecule has 1 heterocycles. The second kappa shape index (κ2) is 6.24. The Morgan fingerprint density at radius 1 is 1.05 bits per heavy atom. The molecule has 0 saturated heterocycles. The normalized spacial score (nSPS) is 10.7. The van der Waals surface area contributed by atoms with Crippen molar-refractivity contribution in [3.63, 3.8) is 0 Å². The van der Waals surface area contributed by atoms with E-state index in [9.17, 15) is 0 Å². The minimum Gasteiger partial charge on any atom is -0.493 e. The van der Waals surface area contributed by atoms with E-state index in [-0.39, 0.29) is 0 Å². The highest BCUT2D eigenvalue weighted by Crippen LogP contribution is 2.40. The maximum Gasteiger partial charge on any atom is 0.203 e. The fourth-order valence-electron chi connectivity index (χ4n) is 1.64. The molecule has 19 heavy (non-hydrogen) atoms. The Hall–Kier alpha value is -2.01. The molecule has 0 atom stereocenters. The first-order valence-electron chi connectivity index (χ1n) is 5.64. The van der Waals surface area contributed by atoms with Crippen LogP contribution >= 0.6 is 11.3 Å². The molecule has 1 aromatic heterocycles. The van der Waals surface area contributed by atoms with E-state index in [2.05, 4.69) is 4.99 Å². The largest absolute Gasteiger partial charge is 0.493 e. The minimum absolute atomic E-state index is 0.569. The second-order valence-corrected chi connectivity index (χ2v) is 4.48. The zero-order valence-electron chi connectivity index (χ0n) is 11.0. The molecular weight excluding hydrogens is 262 g/mol. The summed E-state index contributed by atoms with van der Waals surface area (Å²) in [4.78, 5) is 4.41. The summed E-state index contributed by atoms with van der Waals surface area (Å²) >= 11 is 1.64. The van der Waals surface area contributed by atoms with Crippen molar-refractivity contribution in [2.75, 3.05) is 21.3 Å². The molecule has 0 saturated carbocycles. The number of hydrogen-bond acceptors (Lipinski definition) is 5. The molecule has 0 unspecified atom stereocenters. The highest BCUT2D eigenvalue weighted by molar-refractivity contribution is 7.08. The van der Waals surface area contributed by atoms with Crippen LogP contribution in [-0.2, 0) is 0 Å². The summed E-state index contributed by atoms with van der Waals surface area (Å²) < 4.78 is 15.8. The van der Waals surface area contributed by atoms with Gasteiger partial charge in [-0.05, 0) is 16.8 Å². The van der Waals surface area contributed by atoms with E-state index in [1.165, 1.54) is 0 Å². The lowest BCUT2D eigenvalue weighted by Crippen LogP contribution is -1.94. The Kier molecular flexibility index (Phi) is 4.41. The van der Waals surface area contributed by atoms with Gasteiger partial charge < -0.3 is 14.2 Å². The van der Waals surface area contributed by atoms with Crippen molar-refractivity contribution < 1.29 is 14.2 Å². The minimum atomic E-state index is 0.569. The van der Waals surface area contributed by atoms with Crippen molar-refractivity contribution in [2.24, 2.45) is 4.99 Å². The van der Waals surface area contributed by atoms with Gasteiger partial charge in [-0.25, -0.2) is 0 Å². The number of methoxy groups -OCH3 is 3. The van der Waals surface area contributed by atoms with E-state index in [4.69, 9.17) is 14.2 Å². The Morgan fingerprint density at radius 3 is 2.21 bits per heavy atom. The van der Waals surface area contributed by atoms with Gasteiger partial charge in [-0.15, -0.1) is 0 Å². The molecule has 2 aromatic rings. The van der Waals surface area contributed by atoms with Gasteiger partial charge in [0, 0.05) is 23.9 Å². The van der Waals surface area contributed by atoms with Crippen molar-refractivity contribution in [2.45, 2.75) is 0 Å². The predicted octanol–water partition coefficient (Wildman–Crippen LogP) is 3.52. The summed E-state index contributed by atoms with van der Waals surface area (Å²) in [5.41, 5.74) is 1.82. The van der Waals surface area contributed by atoms with E-state index in [1.54, 1.807) is 38.9 Å². The van der Waals surface area contributed by atoms with Crippen molar-refractivity contribution in [3.05, 3.63) is 34.5 Å². The molecule has 0 radical (unpaired) electrons. The van der Waals surface area contributed by atoms with Gasteiger partial charge >= 0.3 is 0 Å². The van der Waals surface area contributed by atoms with Gasteiger partial charge in [0.1, 0.15) is 0 Å². The number of nitrogens with zero attached hydrogens (tertiary/aromatic N) is 1. The van der Waals surface area contributed by atoms with Gasteiger partial charge in [0.15, 0.2) is 11.5 Å². The Labute approximate surface area is 116 Å². The highest BCUT2D eigenvalue weighted by Gasteiger charge is 2.12. The number of hydrogen-bond donors (Lipinski definition) is 0. The van der Waals surface area contributed by atoms with Gasteiger partial charge in [0.2, 0.25) is 5.75 Å². The van der Waals surface area contributed by atoms with E-state index in [1.807, 2.05) is 29.0 Å². The molecule has 0 spiro atoms. The average Bonchev–Trinajstić information content (AvgIpc) is 2.97. The molecule has 5 heteroatoms. The SMILES string of the molecule is COc1cc(N=Cc2ccsc2)cc(OC)c1OC. The first kappa shape index (κ1) is 13.4. The van der Waals surface area contributed by atoms with Crippen LogP contribution in [0.1, 0.15) is 5.56 Å². The van der Waals surface area contributed by atoms with Crippen LogP contribution in [0.2, 0.25) is 0 Å². The number of ether oxygens (including phenoxy) is 3. The van der Waals surface area contributed by atoms with Gasteiger partial charge in [-0.2, -0.15) is 11.3 Å². The first-order valence-corrected chi connectivity index (χ1v) is 6.59. The second-order valence-electron chi connectivity index (χ2n) is 3.70. The van der Waals surface area contributed by atoms with Gasteiger partial charge in [-0.1, -0.05) is 0 Å². The first-order chi connectivity index (χ1) is 9.28. The zero-order valence-corrected chi connectivity index (χ0v) is 11.9. The Bertz CT molecular complexity index is 539. The smallest absolute Gasteiger partial charge is 0.203 e. The van der Waals surface area contributed by atoms with Crippen LogP contribution in [0.4, 0.5) is 5.69 Å². The molecule has 0 aliphatic rings. The monoisotopic (exact) mass is 277 g/mol. The maximum absolute atomic E-state index is 5.28. The Morgan fingerprint density at radius 2 is 1.74 bits per heavy atom. The highest BCUT2D eigenvalue weighted by atomic mass is 32.1. The molecule has 0 aliphatic carbocycles. The van der Waals surface area contributed by atoms with Gasteiger partial charge in [-0.3, -0.25) is 4.99 Å². The van der Waals surface area contributed by atoms with Crippen molar-refractivity contribution in [1.29, 1.82) is 0 Å². The van der Waals surface area contributed by atoms with Crippen molar-refractivity contribution >= 4 is 23.2 Å². The maximum atomic E-state index is 5.28. The van der Waals surface area contributed by atoms with Crippen LogP contribution in [0.5, 0.6) is 17.2 Å². The van der Waals surface area contributed by atoms with E-state index >= 15 is 0 Å². The van der Waals surface area contributed by atoms with E-state index in [0.29, 0.717) is 17.2 Å². The third kappa shape index (κ3) is 3.06. The molecule has 1 aromatic carbocycles. The molecule has 4 nitrogen and oxygen atoms in total. The fourth-order valence-corrected chi connectivity index (χ4v) is 2.25. The van der Waals surface area contributed by atoms with E-state index < -0.39 is 0 Å². The average molecular weight is 277 g/mol. The molecule has 0 aliphatic heterocycles. The number of aliphatic imine (C=N–C) groups is 1. The van der Waals surface area contributed by atoms with Gasteiger partial charge in [0.05, 0.1) is 27.0 Å². The van der Waals surface area contributed by atoms with Crippen LogP contribution in [-0.4, -0.2) is 27.5 Å². The quantitative estimate of drug-likeness (QED) is 0.785. The van der Waals surface area contributed by atoms with Crippen LogP contribution in [0.15, 0.2) is 34.0 Å². The fraction of sp³-hybridized carbons (Fsp3) is 0.214. The summed E-state index contributed by atoms with van der Waals surface area (Å²) in [5.74, 6) is 1.76. The standard InChI is InChI=1S/C14H15NO3S/c1-16-12-6-11(7-13(17-2)14(12)18-3)15-8-10-4-5-19-9-10/h4-9H,1-3H3. The third-order valence-corrected chi connectivity index (χ3v) is 3.26. The van der Waals surface area contributed by atoms with Crippen LogP contribution in [0.3, 0.4) is 0 Å². The summed E-state index contributed by atoms with van der Waals surface area (Å²) in [5, 5.41) is 4.04. The van der Waals surface area contributed by atoms with Crippen LogP contribution in [0.25, 0.3) is 0 Å². The Balaban J connectivity index is 2.36. The third-order valence-electron chi connectivity index (χ3n) is 2.56. The molecule has 0 N–H and O–H groups in total. The molecule has 0 fully saturated rings. The molecule has 100 valence electrons. The van der Waals surface area contributed by atoms with Crippen molar-refractivity contribution in [3.8, 4) is 17.2 Å². The van der Waals surface area contributed by atoms with Crippen molar-refractivity contribution in [1.82, 2.24) is 0 Å².